The average Bonchev–Trinajstić information content (AvgIpc) is 3.62. The van der Waals surface area contributed by atoms with Crippen molar-refractivity contribution >= 4 is 43.1 Å². The van der Waals surface area contributed by atoms with Crippen molar-refractivity contribution in [3.8, 4) is 44.5 Å². The molecule has 0 atom stereocenters. The van der Waals surface area contributed by atoms with Crippen molar-refractivity contribution in [1.82, 2.24) is 0 Å². The van der Waals surface area contributed by atoms with Gasteiger partial charge in [-0.1, -0.05) is 224 Å². The van der Waals surface area contributed by atoms with Gasteiger partial charge in [0.05, 0.1) is 5.41 Å². The Bertz CT molecular complexity index is 3370. The van der Waals surface area contributed by atoms with Crippen LogP contribution in [-0.2, 0) is 5.41 Å². The number of hydrogen-bond donors (Lipinski definition) is 0. The van der Waals surface area contributed by atoms with Gasteiger partial charge in [0.2, 0.25) is 0 Å². The first-order chi connectivity index (χ1) is 29.3. The van der Waals surface area contributed by atoms with Gasteiger partial charge < -0.3 is 0 Å². The van der Waals surface area contributed by atoms with Crippen LogP contribution in [0, 0.1) is 0 Å². The summed E-state index contributed by atoms with van der Waals surface area (Å²) < 4.78 is 0. The lowest BCUT2D eigenvalue weighted by Crippen LogP contribution is -2.28. The third kappa shape index (κ3) is 4.97. The first kappa shape index (κ1) is 33.6. The average molecular weight is 747 g/mol. The van der Waals surface area contributed by atoms with Crippen LogP contribution in [0.25, 0.3) is 87.6 Å². The molecule has 0 aromatic heterocycles. The molecule has 0 radical (unpaired) electrons. The van der Waals surface area contributed by atoms with E-state index in [0.29, 0.717) is 0 Å². The number of rotatable bonds is 5. The molecule has 274 valence electrons. The lowest BCUT2D eigenvalue weighted by atomic mass is 9.67. The Morgan fingerprint density at radius 2 is 0.644 bits per heavy atom. The minimum Gasteiger partial charge on any atom is -0.0622 e. The molecule has 0 bridgehead atoms. The van der Waals surface area contributed by atoms with Gasteiger partial charge in [-0.2, -0.15) is 0 Å². The van der Waals surface area contributed by atoms with Crippen LogP contribution >= 0.6 is 0 Å². The van der Waals surface area contributed by atoms with E-state index >= 15 is 0 Å². The molecule has 0 nitrogen and oxygen atoms in total. The monoisotopic (exact) mass is 746 g/mol. The quantitative estimate of drug-likeness (QED) is 0.154. The zero-order valence-electron chi connectivity index (χ0n) is 32.4. The summed E-state index contributed by atoms with van der Waals surface area (Å²) in [6, 6.07) is 85.7. The highest BCUT2D eigenvalue weighted by atomic mass is 14.5. The van der Waals surface area contributed by atoms with Gasteiger partial charge in [0.15, 0.2) is 0 Å². The van der Waals surface area contributed by atoms with Gasteiger partial charge in [0.25, 0.3) is 0 Å². The first-order valence-electron chi connectivity index (χ1n) is 20.6. The Balaban J connectivity index is 1.12. The summed E-state index contributed by atoms with van der Waals surface area (Å²) in [5.41, 5.74) is 14.9. The van der Waals surface area contributed by atoms with E-state index in [0.717, 1.165) is 0 Å². The maximum Gasteiger partial charge on any atom is 0.0713 e. The molecule has 1 aliphatic rings. The van der Waals surface area contributed by atoms with Gasteiger partial charge in [0.1, 0.15) is 0 Å². The maximum absolute atomic E-state index is 2.45. The molecule has 0 spiro atoms. The molecule has 0 heteroatoms. The highest BCUT2D eigenvalue weighted by Crippen LogP contribution is 2.56. The molecule has 11 aromatic rings. The zero-order chi connectivity index (χ0) is 38.9. The fraction of sp³-hybridized carbons (Fsp3) is 0.0169. The molecule has 0 saturated heterocycles. The van der Waals surface area contributed by atoms with Crippen molar-refractivity contribution in [3.05, 3.63) is 253 Å². The zero-order valence-corrected chi connectivity index (χ0v) is 32.4. The van der Waals surface area contributed by atoms with E-state index in [2.05, 4.69) is 231 Å². The largest absolute Gasteiger partial charge is 0.0713 e. The summed E-state index contributed by atoms with van der Waals surface area (Å²) in [6.07, 6.45) is 0. The van der Waals surface area contributed by atoms with Gasteiger partial charge in [-0.15, -0.1) is 0 Å². The predicted octanol–water partition coefficient (Wildman–Crippen LogP) is 15.7. The topological polar surface area (TPSA) is 0 Å². The fourth-order valence-electron chi connectivity index (χ4n) is 10.4. The van der Waals surface area contributed by atoms with Crippen LogP contribution < -0.4 is 0 Å². The lowest BCUT2D eigenvalue weighted by Gasteiger charge is -2.34. The van der Waals surface area contributed by atoms with Gasteiger partial charge in [-0.25, -0.2) is 0 Å². The molecule has 0 unspecified atom stereocenters. The Labute approximate surface area is 344 Å². The number of fused-ring (bicyclic) bond motifs is 7. The van der Waals surface area contributed by atoms with Crippen LogP contribution in [0.15, 0.2) is 231 Å². The summed E-state index contributed by atoms with van der Waals surface area (Å²) in [5.74, 6) is 0. The Hall–Kier alpha value is -7.54. The fourth-order valence-corrected chi connectivity index (χ4v) is 10.4. The minimum atomic E-state index is -0.426. The van der Waals surface area contributed by atoms with Gasteiger partial charge in [-0.05, 0) is 116 Å². The second kappa shape index (κ2) is 13.3. The van der Waals surface area contributed by atoms with Crippen LogP contribution in [0.3, 0.4) is 0 Å². The predicted molar refractivity (Wildman–Crippen MR) is 250 cm³/mol. The highest BCUT2D eigenvalue weighted by Gasteiger charge is 2.45. The van der Waals surface area contributed by atoms with E-state index in [1.165, 1.54) is 110 Å². The smallest absolute Gasteiger partial charge is 0.0622 e. The van der Waals surface area contributed by atoms with E-state index in [9.17, 15) is 0 Å². The third-order valence-corrected chi connectivity index (χ3v) is 13.0. The van der Waals surface area contributed by atoms with E-state index < -0.39 is 5.41 Å². The van der Waals surface area contributed by atoms with E-state index in [4.69, 9.17) is 0 Å². The molecule has 0 amide bonds. The van der Waals surface area contributed by atoms with Gasteiger partial charge in [0, 0.05) is 0 Å². The molecule has 11 aromatic carbocycles. The Kier molecular flexibility index (Phi) is 7.55. The Morgan fingerprint density at radius 1 is 0.237 bits per heavy atom. The van der Waals surface area contributed by atoms with Crippen molar-refractivity contribution in [3.63, 3.8) is 0 Å². The second-order valence-electron chi connectivity index (χ2n) is 15.9. The second-order valence-corrected chi connectivity index (χ2v) is 15.9. The normalized spacial score (nSPS) is 12.9. The Morgan fingerprint density at radius 3 is 1.24 bits per heavy atom. The van der Waals surface area contributed by atoms with Crippen molar-refractivity contribution in [2.24, 2.45) is 0 Å². The summed E-state index contributed by atoms with van der Waals surface area (Å²) in [6.45, 7) is 0. The molecular formula is C59H38. The molecule has 1 aliphatic carbocycles. The molecule has 0 aliphatic heterocycles. The van der Waals surface area contributed by atoms with Crippen LogP contribution in [0.4, 0.5) is 0 Å². The molecule has 59 heavy (non-hydrogen) atoms. The van der Waals surface area contributed by atoms with E-state index in [1.807, 2.05) is 0 Å². The number of benzene rings is 11. The van der Waals surface area contributed by atoms with Crippen molar-refractivity contribution in [1.29, 1.82) is 0 Å². The van der Waals surface area contributed by atoms with Crippen LogP contribution in [0.5, 0.6) is 0 Å². The van der Waals surface area contributed by atoms with Crippen molar-refractivity contribution < 1.29 is 0 Å². The summed E-state index contributed by atoms with van der Waals surface area (Å²) in [7, 11) is 0. The summed E-state index contributed by atoms with van der Waals surface area (Å²) in [4.78, 5) is 0. The summed E-state index contributed by atoms with van der Waals surface area (Å²) >= 11 is 0. The number of hydrogen-bond acceptors (Lipinski definition) is 0. The van der Waals surface area contributed by atoms with Crippen LogP contribution in [0.2, 0.25) is 0 Å². The van der Waals surface area contributed by atoms with Gasteiger partial charge >= 0.3 is 0 Å². The molecule has 12 rings (SSSR count). The highest BCUT2D eigenvalue weighted by molar-refractivity contribution is 6.25. The van der Waals surface area contributed by atoms with Crippen LogP contribution in [-0.4, -0.2) is 0 Å². The molecule has 0 saturated carbocycles. The summed E-state index contributed by atoms with van der Waals surface area (Å²) in [5, 5.41) is 10.1. The first-order valence-corrected chi connectivity index (χ1v) is 20.6. The molecule has 0 fully saturated rings. The maximum atomic E-state index is 2.45. The standard InChI is InChI=1S/C59H38/c1-2-20-43(21-3-1)59(55-30-12-10-24-47(55)48-25-11-13-31-56(48)59)44-35-32-39(33-36-44)42-34-37-53-54(38-42)58(50-29-15-19-41-17-5-7-23-46(41)50)52-27-9-8-26-51(52)57(53)49-28-14-18-40-16-4-6-22-45(40)49/h1-38H. The van der Waals surface area contributed by atoms with Crippen LogP contribution in [0.1, 0.15) is 22.3 Å². The van der Waals surface area contributed by atoms with Gasteiger partial charge in [-0.3, -0.25) is 0 Å². The molecule has 0 N–H and O–H groups in total. The minimum absolute atomic E-state index is 0.426. The van der Waals surface area contributed by atoms with E-state index in [-0.39, 0.29) is 0 Å². The third-order valence-electron chi connectivity index (χ3n) is 13.0. The van der Waals surface area contributed by atoms with E-state index in [1.54, 1.807) is 0 Å². The lowest BCUT2D eigenvalue weighted by molar-refractivity contribution is 0.768. The SMILES string of the molecule is c1ccc(C2(c3ccc(-c4ccc5c(-c6cccc7ccccc67)c6ccccc6c(-c6cccc7ccccc67)c5c4)cc3)c3ccccc3-c3ccccc32)cc1. The molecular weight excluding hydrogens is 709 g/mol. The van der Waals surface area contributed by atoms with Crippen molar-refractivity contribution in [2.75, 3.05) is 0 Å². The van der Waals surface area contributed by atoms with Crippen molar-refractivity contribution in [2.45, 2.75) is 5.41 Å². The molecule has 0 heterocycles.